The number of rotatable bonds is 6. The zero-order chi connectivity index (χ0) is 16.1. The van der Waals surface area contributed by atoms with Crippen LogP contribution in [0.2, 0.25) is 0 Å². The van der Waals surface area contributed by atoms with Crippen LogP contribution in [-0.4, -0.2) is 30.9 Å². The fourth-order valence-corrected chi connectivity index (χ4v) is 2.16. The first kappa shape index (κ1) is 15.6. The number of phenolic OH excluding ortho intramolecular Hbond substituents is 1. The van der Waals surface area contributed by atoms with Crippen molar-refractivity contribution < 1.29 is 24.2 Å². The van der Waals surface area contributed by atoms with E-state index in [0.717, 1.165) is 0 Å². The maximum Gasteiger partial charge on any atom is 0.232 e. The first-order valence-electron chi connectivity index (χ1n) is 6.64. The van der Waals surface area contributed by atoms with Gasteiger partial charge in [0.05, 0.1) is 19.8 Å². The lowest BCUT2D eigenvalue weighted by Gasteiger charge is -2.11. The minimum atomic E-state index is -0.733. The zero-order valence-electron chi connectivity index (χ0n) is 12.3. The van der Waals surface area contributed by atoms with Gasteiger partial charge in [-0.05, 0) is 18.2 Å². The average molecular weight is 300 g/mol. The van der Waals surface area contributed by atoms with E-state index in [4.69, 9.17) is 9.47 Å². The molecule has 0 saturated heterocycles. The second-order valence-electron chi connectivity index (χ2n) is 4.60. The maximum atomic E-state index is 12.2. The minimum Gasteiger partial charge on any atom is -0.507 e. The molecule has 5 nitrogen and oxygen atoms in total. The Kier molecular flexibility index (Phi) is 4.78. The molecule has 1 N–H and O–H groups in total. The number of hydrogen-bond acceptors (Lipinski definition) is 5. The van der Waals surface area contributed by atoms with E-state index in [2.05, 4.69) is 0 Å². The van der Waals surface area contributed by atoms with Crippen molar-refractivity contribution in [3.8, 4) is 17.2 Å². The summed E-state index contributed by atoms with van der Waals surface area (Å²) in [5.74, 6) is -0.666. The Bertz CT molecular complexity index is 706. The maximum absolute atomic E-state index is 12.2. The average Bonchev–Trinajstić information content (AvgIpc) is 2.54. The molecule has 0 unspecified atom stereocenters. The molecule has 0 aromatic heterocycles. The predicted octanol–water partition coefficient (Wildman–Crippen LogP) is 2.40. The number of benzene rings is 2. The Morgan fingerprint density at radius 2 is 1.73 bits per heavy atom. The van der Waals surface area contributed by atoms with Crippen LogP contribution in [-0.2, 0) is 11.2 Å². The first-order valence-corrected chi connectivity index (χ1v) is 6.64. The van der Waals surface area contributed by atoms with Gasteiger partial charge in [0, 0.05) is 12.0 Å². The summed E-state index contributed by atoms with van der Waals surface area (Å²) in [6.07, 6.45) is -0.131. The van der Waals surface area contributed by atoms with E-state index in [1.165, 1.54) is 26.4 Å². The van der Waals surface area contributed by atoms with Crippen molar-refractivity contribution >= 4 is 11.6 Å². The van der Waals surface area contributed by atoms with Gasteiger partial charge in [0.15, 0.2) is 11.5 Å². The van der Waals surface area contributed by atoms with Crippen molar-refractivity contribution in [2.45, 2.75) is 6.42 Å². The number of carbonyl (C=O) groups excluding carboxylic acids is 2. The molecule has 114 valence electrons. The standard InChI is InChI=1S/C17H16O5/c1-21-15-9-5-6-11(17(15)22-2)10-14(19)16(20)12-7-3-4-8-13(12)18/h3-9,18H,10H2,1-2H3. The summed E-state index contributed by atoms with van der Waals surface area (Å²) in [5, 5.41) is 9.66. The van der Waals surface area contributed by atoms with E-state index < -0.39 is 11.6 Å². The molecule has 0 bridgehead atoms. The highest BCUT2D eigenvalue weighted by Crippen LogP contribution is 2.31. The molecule has 0 fully saturated rings. The van der Waals surface area contributed by atoms with Gasteiger partial charge >= 0.3 is 0 Å². The van der Waals surface area contributed by atoms with Crippen molar-refractivity contribution in [3.63, 3.8) is 0 Å². The van der Waals surface area contributed by atoms with E-state index >= 15 is 0 Å². The monoisotopic (exact) mass is 300 g/mol. The fraction of sp³-hybridized carbons (Fsp3) is 0.176. The Balaban J connectivity index is 2.26. The van der Waals surface area contributed by atoms with Gasteiger partial charge in [-0.15, -0.1) is 0 Å². The molecule has 2 rings (SSSR count). The highest BCUT2D eigenvalue weighted by Gasteiger charge is 2.21. The molecule has 2 aromatic carbocycles. The van der Waals surface area contributed by atoms with Crippen LogP contribution in [0, 0.1) is 0 Å². The minimum absolute atomic E-state index is 0.00522. The van der Waals surface area contributed by atoms with Gasteiger partial charge in [-0.25, -0.2) is 0 Å². The Morgan fingerprint density at radius 1 is 1.00 bits per heavy atom. The second-order valence-corrected chi connectivity index (χ2v) is 4.60. The Labute approximate surface area is 128 Å². The predicted molar refractivity (Wildman–Crippen MR) is 80.7 cm³/mol. The van der Waals surface area contributed by atoms with Crippen LogP contribution < -0.4 is 9.47 Å². The fourth-order valence-electron chi connectivity index (χ4n) is 2.16. The van der Waals surface area contributed by atoms with E-state index in [1.54, 1.807) is 30.3 Å². The Hall–Kier alpha value is -2.82. The van der Waals surface area contributed by atoms with Gasteiger partial charge in [0.25, 0.3) is 0 Å². The molecule has 0 saturated carbocycles. The Morgan fingerprint density at radius 3 is 2.36 bits per heavy atom. The van der Waals surface area contributed by atoms with Crippen LogP contribution in [0.5, 0.6) is 17.2 Å². The summed E-state index contributed by atoms with van der Waals surface area (Å²) in [6.45, 7) is 0. The first-order chi connectivity index (χ1) is 10.6. The molecule has 5 heteroatoms. The quantitative estimate of drug-likeness (QED) is 0.655. The van der Waals surface area contributed by atoms with Crippen LogP contribution >= 0.6 is 0 Å². The van der Waals surface area contributed by atoms with Crippen LogP contribution in [0.25, 0.3) is 0 Å². The summed E-state index contributed by atoms with van der Waals surface area (Å²) < 4.78 is 10.4. The van der Waals surface area contributed by atoms with Gasteiger partial charge in [0.1, 0.15) is 5.75 Å². The lowest BCUT2D eigenvalue weighted by Crippen LogP contribution is -2.17. The summed E-state index contributed by atoms with van der Waals surface area (Å²) >= 11 is 0. The van der Waals surface area contributed by atoms with Crippen LogP contribution in [0.15, 0.2) is 42.5 Å². The van der Waals surface area contributed by atoms with Crippen molar-refractivity contribution in [2.75, 3.05) is 14.2 Å². The molecule has 0 spiro atoms. The van der Waals surface area contributed by atoms with E-state index in [1.807, 2.05) is 0 Å². The molecule has 0 aliphatic rings. The normalized spacial score (nSPS) is 10.1. The van der Waals surface area contributed by atoms with Crippen molar-refractivity contribution in [3.05, 3.63) is 53.6 Å². The van der Waals surface area contributed by atoms with E-state index in [-0.39, 0.29) is 17.7 Å². The number of para-hydroxylation sites is 2. The lowest BCUT2D eigenvalue weighted by molar-refractivity contribution is -0.114. The topological polar surface area (TPSA) is 72.8 Å². The number of phenols is 1. The lowest BCUT2D eigenvalue weighted by atomic mass is 10.00. The van der Waals surface area contributed by atoms with Crippen LogP contribution in [0.1, 0.15) is 15.9 Å². The smallest absolute Gasteiger partial charge is 0.232 e. The van der Waals surface area contributed by atoms with Gasteiger partial charge in [-0.2, -0.15) is 0 Å². The van der Waals surface area contributed by atoms with E-state index in [0.29, 0.717) is 17.1 Å². The largest absolute Gasteiger partial charge is 0.507 e. The van der Waals surface area contributed by atoms with Crippen LogP contribution in [0.3, 0.4) is 0 Å². The SMILES string of the molecule is COc1cccc(CC(=O)C(=O)c2ccccc2O)c1OC. The number of methoxy groups -OCH3 is 2. The number of Topliss-reactive ketones (excluding diaryl/α,β-unsaturated/α-hetero) is 2. The summed E-state index contributed by atoms with van der Waals surface area (Å²) in [6, 6.07) is 11.1. The molecule has 0 aliphatic heterocycles. The zero-order valence-corrected chi connectivity index (χ0v) is 12.3. The number of aromatic hydroxyl groups is 1. The molecule has 0 atom stereocenters. The second kappa shape index (κ2) is 6.76. The van der Waals surface area contributed by atoms with E-state index in [9.17, 15) is 14.7 Å². The molecular formula is C17H16O5. The highest BCUT2D eigenvalue weighted by molar-refractivity contribution is 6.44. The summed E-state index contributed by atoms with van der Waals surface area (Å²) in [4.78, 5) is 24.3. The molecule has 0 aliphatic carbocycles. The highest BCUT2D eigenvalue weighted by atomic mass is 16.5. The van der Waals surface area contributed by atoms with Gasteiger partial charge < -0.3 is 14.6 Å². The molecule has 0 radical (unpaired) electrons. The molecular weight excluding hydrogens is 284 g/mol. The molecule has 0 amide bonds. The van der Waals surface area contributed by atoms with Gasteiger partial charge in [-0.3, -0.25) is 9.59 Å². The number of hydrogen-bond donors (Lipinski definition) is 1. The molecule has 22 heavy (non-hydrogen) atoms. The third kappa shape index (κ3) is 3.09. The van der Waals surface area contributed by atoms with Crippen molar-refractivity contribution in [1.82, 2.24) is 0 Å². The van der Waals surface area contributed by atoms with Crippen LogP contribution in [0.4, 0.5) is 0 Å². The molecule has 2 aromatic rings. The third-order valence-corrected chi connectivity index (χ3v) is 3.24. The molecule has 0 heterocycles. The number of ketones is 2. The van der Waals surface area contributed by atoms with Crippen molar-refractivity contribution in [1.29, 1.82) is 0 Å². The van der Waals surface area contributed by atoms with Crippen molar-refractivity contribution in [2.24, 2.45) is 0 Å². The van der Waals surface area contributed by atoms with Gasteiger partial charge in [0.2, 0.25) is 11.6 Å². The number of ether oxygens (including phenoxy) is 2. The summed E-state index contributed by atoms with van der Waals surface area (Å²) in [5.41, 5.74) is 0.546. The number of carbonyl (C=O) groups is 2. The summed E-state index contributed by atoms with van der Waals surface area (Å²) in [7, 11) is 2.97. The third-order valence-electron chi connectivity index (χ3n) is 3.24. The van der Waals surface area contributed by atoms with Gasteiger partial charge in [-0.1, -0.05) is 24.3 Å².